The molecule has 2 aromatic heterocycles. The number of hydrogen-bond donors (Lipinski definition) is 5. The molecule has 4 rings (SSSR count). The highest BCUT2D eigenvalue weighted by Crippen LogP contribution is 2.26. The molecule has 4 aromatic rings. The van der Waals surface area contributed by atoms with E-state index in [9.17, 15) is 18.0 Å². The molecule has 230 valence electrons. The summed E-state index contributed by atoms with van der Waals surface area (Å²) in [6, 6.07) is 12.3. The van der Waals surface area contributed by atoms with Gasteiger partial charge < -0.3 is 19.0 Å². The van der Waals surface area contributed by atoms with Gasteiger partial charge in [-0.15, -0.1) is 10.2 Å². The number of fused-ring (bicyclic) bond motifs is 1. The van der Waals surface area contributed by atoms with Crippen LogP contribution in [0.5, 0.6) is 11.5 Å². The first-order chi connectivity index (χ1) is 20.2. The van der Waals surface area contributed by atoms with Crippen molar-refractivity contribution in [1.29, 1.82) is 0 Å². The number of rotatable bonds is 11. The van der Waals surface area contributed by atoms with E-state index >= 15 is 0 Å². The van der Waals surface area contributed by atoms with Crippen molar-refractivity contribution in [1.82, 2.24) is 35.2 Å². The summed E-state index contributed by atoms with van der Waals surface area (Å²) in [4.78, 5) is 24.3. The van der Waals surface area contributed by atoms with Crippen LogP contribution >= 0.6 is 0 Å². The molecule has 0 radical (unpaired) electrons. The molecule has 0 aliphatic rings. The minimum atomic E-state index is -2.13. The number of H-pyrrole nitrogens is 1. The SMILES string of the molecule is CNC(=O)c1cc(OS(=O)Nc2cccc(OS(=O)NC(C)(C)c3nnc4cc(C(C)(C)C)[nH]n34)c2)cc(C(=O)NC)c1. The Hall–Kier alpha value is -4.28. The lowest BCUT2D eigenvalue weighted by atomic mass is 9.93. The monoisotopic (exact) mass is 630 g/mol. The zero-order valence-corrected chi connectivity index (χ0v) is 26.4. The quantitative estimate of drug-likeness (QED) is 0.168. The lowest BCUT2D eigenvalue weighted by molar-refractivity contribution is 0.0962. The summed E-state index contributed by atoms with van der Waals surface area (Å²) in [6.45, 7) is 9.84. The average Bonchev–Trinajstić information content (AvgIpc) is 3.53. The molecule has 0 saturated heterocycles. The number of aromatic amines is 1. The van der Waals surface area contributed by atoms with E-state index in [1.165, 1.54) is 38.4 Å². The second kappa shape index (κ2) is 12.5. The fourth-order valence-corrected chi connectivity index (χ4v) is 5.41. The van der Waals surface area contributed by atoms with Gasteiger partial charge in [-0.2, -0.15) is 13.1 Å². The van der Waals surface area contributed by atoms with Gasteiger partial charge in [-0.1, -0.05) is 26.8 Å². The van der Waals surface area contributed by atoms with E-state index in [2.05, 4.69) is 56.1 Å². The molecular formula is C27H34N8O6S2. The van der Waals surface area contributed by atoms with Crippen molar-refractivity contribution in [2.75, 3.05) is 18.8 Å². The lowest BCUT2D eigenvalue weighted by Gasteiger charge is -2.23. The van der Waals surface area contributed by atoms with E-state index in [0.717, 1.165) is 5.69 Å². The number of carbonyl (C=O) groups is 2. The number of anilines is 1. The Balaban J connectivity index is 1.43. The normalized spacial score (nSPS) is 13.3. The molecule has 0 aliphatic heterocycles. The fraction of sp³-hybridized carbons (Fsp3) is 0.333. The molecule has 14 nitrogen and oxygen atoms in total. The number of nitrogens with zero attached hydrogens (tertiary/aromatic N) is 3. The molecule has 43 heavy (non-hydrogen) atoms. The van der Waals surface area contributed by atoms with Gasteiger partial charge in [0, 0.05) is 48.5 Å². The molecule has 0 saturated carbocycles. The topological polar surface area (TPSA) is 181 Å². The minimum Gasteiger partial charge on any atom is -0.389 e. The molecule has 16 heteroatoms. The van der Waals surface area contributed by atoms with Gasteiger partial charge in [0.15, 0.2) is 11.5 Å². The smallest absolute Gasteiger partial charge is 0.316 e. The summed E-state index contributed by atoms with van der Waals surface area (Å²) >= 11 is -4.13. The van der Waals surface area contributed by atoms with Gasteiger partial charge in [0.05, 0.1) is 11.2 Å². The largest absolute Gasteiger partial charge is 0.389 e. The standard InChI is InChI=1S/C27H34N8O6S2/c1-26(2,3)21-15-22-30-31-25(35(22)32-21)27(4,5)34-43(39)40-19-10-8-9-18(14-19)33-42(38)41-20-12-16(23(36)28-6)11-17(13-20)24(37)29-7/h8-15,32-34H,1-7H3,(H,28,36)(H,29,37). The van der Waals surface area contributed by atoms with Gasteiger partial charge in [0.25, 0.3) is 23.1 Å². The number of aromatic nitrogens is 4. The van der Waals surface area contributed by atoms with E-state index in [1.54, 1.807) is 36.6 Å². The summed E-state index contributed by atoms with van der Waals surface area (Å²) in [5.74, 6) is -0.129. The van der Waals surface area contributed by atoms with Crippen molar-refractivity contribution in [2.45, 2.75) is 45.6 Å². The van der Waals surface area contributed by atoms with Crippen LogP contribution in [0.15, 0.2) is 48.5 Å². The van der Waals surface area contributed by atoms with Crippen LogP contribution in [0.1, 0.15) is 66.9 Å². The van der Waals surface area contributed by atoms with Gasteiger partial charge in [0.2, 0.25) is 0 Å². The summed E-state index contributed by atoms with van der Waals surface area (Å²) in [5, 5.41) is 16.7. The molecule has 0 aliphatic carbocycles. The van der Waals surface area contributed by atoms with Crippen molar-refractivity contribution in [3.05, 3.63) is 71.2 Å². The van der Waals surface area contributed by atoms with Crippen molar-refractivity contribution >= 4 is 45.7 Å². The molecule has 2 heterocycles. The Kier molecular flexibility index (Phi) is 9.22. The molecule has 5 N–H and O–H groups in total. The molecule has 0 fully saturated rings. The third-order valence-electron chi connectivity index (χ3n) is 6.16. The lowest BCUT2D eigenvalue weighted by Crippen LogP contribution is -2.41. The van der Waals surface area contributed by atoms with Gasteiger partial charge in [0.1, 0.15) is 11.5 Å². The Morgan fingerprint density at radius 1 is 0.837 bits per heavy atom. The van der Waals surface area contributed by atoms with Crippen molar-refractivity contribution in [3.63, 3.8) is 0 Å². The Bertz CT molecular complexity index is 1670. The van der Waals surface area contributed by atoms with Crippen molar-refractivity contribution < 1.29 is 26.4 Å². The number of benzene rings is 2. The maximum Gasteiger partial charge on any atom is 0.316 e. The summed E-state index contributed by atoms with van der Waals surface area (Å²) < 4.78 is 44.1. The minimum absolute atomic E-state index is 0.0322. The first-order valence-corrected chi connectivity index (χ1v) is 15.2. The van der Waals surface area contributed by atoms with Gasteiger partial charge in [-0.3, -0.25) is 19.4 Å². The molecule has 0 bridgehead atoms. The van der Waals surface area contributed by atoms with Crippen LogP contribution in [-0.2, 0) is 33.5 Å². The van der Waals surface area contributed by atoms with Crippen LogP contribution in [0.4, 0.5) is 5.69 Å². The van der Waals surface area contributed by atoms with Crippen LogP contribution in [0, 0.1) is 0 Å². The second-order valence-corrected chi connectivity index (χ2v) is 12.7. The molecule has 2 atom stereocenters. The maximum absolute atomic E-state index is 13.0. The van der Waals surface area contributed by atoms with Crippen LogP contribution < -0.4 is 28.4 Å². The van der Waals surface area contributed by atoms with Crippen LogP contribution in [0.25, 0.3) is 5.65 Å². The van der Waals surface area contributed by atoms with E-state index in [0.29, 0.717) is 17.2 Å². The Labute approximate surface area is 253 Å². The Morgan fingerprint density at radius 3 is 2.07 bits per heavy atom. The predicted molar refractivity (Wildman–Crippen MR) is 163 cm³/mol. The highest BCUT2D eigenvalue weighted by atomic mass is 32.2. The summed E-state index contributed by atoms with van der Waals surface area (Å²) in [7, 11) is 2.90. The average molecular weight is 631 g/mol. The first-order valence-electron chi connectivity index (χ1n) is 13.1. The van der Waals surface area contributed by atoms with Crippen LogP contribution in [-0.4, -0.2) is 54.1 Å². The number of carbonyl (C=O) groups excluding carboxylic acids is 2. The van der Waals surface area contributed by atoms with Crippen LogP contribution in [0.2, 0.25) is 0 Å². The molecule has 2 aromatic carbocycles. The number of hydrogen-bond acceptors (Lipinski definition) is 8. The molecule has 2 unspecified atom stereocenters. The zero-order valence-electron chi connectivity index (χ0n) is 24.7. The van der Waals surface area contributed by atoms with Crippen molar-refractivity contribution in [2.24, 2.45) is 0 Å². The van der Waals surface area contributed by atoms with Crippen molar-refractivity contribution in [3.8, 4) is 11.5 Å². The zero-order chi connectivity index (χ0) is 31.5. The molecular weight excluding hydrogens is 596 g/mol. The van der Waals surface area contributed by atoms with Gasteiger partial charge in [-0.25, -0.2) is 4.52 Å². The summed E-state index contributed by atoms with van der Waals surface area (Å²) in [6.07, 6.45) is 0. The fourth-order valence-electron chi connectivity index (χ4n) is 3.95. The van der Waals surface area contributed by atoms with Gasteiger partial charge >= 0.3 is 11.3 Å². The first kappa shape index (κ1) is 31.7. The summed E-state index contributed by atoms with van der Waals surface area (Å²) in [5.41, 5.74) is 1.22. The maximum atomic E-state index is 13.0. The number of amides is 2. The highest BCUT2D eigenvalue weighted by Gasteiger charge is 2.31. The second-order valence-electron chi connectivity index (χ2n) is 11.0. The van der Waals surface area contributed by atoms with Crippen LogP contribution in [0.3, 0.4) is 0 Å². The van der Waals surface area contributed by atoms with E-state index in [1.807, 2.05) is 6.07 Å². The van der Waals surface area contributed by atoms with Gasteiger partial charge in [-0.05, 0) is 44.2 Å². The number of nitrogens with one attached hydrogen (secondary N) is 5. The predicted octanol–water partition coefficient (Wildman–Crippen LogP) is 2.63. The molecule has 2 amide bonds. The van der Waals surface area contributed by atoms with E-state index < -0.39 is 39.9 Å². The van der Waals surface area contributed by atoms with E-state index in [-0.39, 0.29) is 28.0 Å². The highest BCUT2D eigenvalue weighted by molar-refractivity contribution is 7.82. The Morgan fingerprint density at radius 2 is 1.47 bits per heavy atom. The van der Waals surface area contributed by atoms with E-state index in [4.69, 9.17) is 8.37 Å². The third-order valence-corrected chi connectivity index (χ3v) is 7.93. The third kappa shape index (κ3) is 7.57. The molecule has 0 spiro atoms.